The molecule has 0 radical (unpaired) electrons. The summed E-state index contributed by atoms with van der Waals surface area (Å²) in [5.74, 6) is -0.152. The van der Waals surface area contributed by atoms with Gasteiger partial charge in [0.25, 0.3) is 0 Å². The summed E-state index contributed by atoms with van der Waals surface area (Å²) < 4.78 is 3.22. The summed E-state index contributed by atoms with van der Waals surface area (Å²) in [6.45, 7) is 0. The molecule has 9 heteroatoms. The fourth-order valence-corrected chi connectivity index (χ4v) is 2.82. The third-order valence-corrected chi connectivity index (χ3v) is 4.13. The lowest BCUT2D eigenvalue weighted by atomic mass is 10.1. The van der Waals surface area contributed by atoms with Gasteiger partial charge in [-0.1, -0.05) is 23.7 Å². The number of amides is 1. The van der Waals surface area contributed by atoms with Gasteiger partial charge in [-0.05, 0) is 52.4 Å². The summed E-state index contributed by atoms with van der Waals surface area (Å²) in [5, 5.41) is 18.7. The lowest BCUT2D eigenvalue weighted by Crippen LogP contribution is -2.16. The highest BCUT2D eigenvalue weighted by Crippen LogP contribution is 2.24. The van der Waals surface area contributed by atoms with E-state index in [0.29, 0.717) is 10.7 Å². The Morgan fingerprint density at radius 3 is 2.67 bits per heavy atom. The Morgan fingerprint density at radius 2 is 1.96 bits per heavy atom. The largest absolute Gasteiger partial charge is 0.324 e. The van der Waals surface area contributed by atoms with E-state index >= 15 is 0 Å². The lowest BCUT2D eigenvalue weighted by Gasteiger charge is -2.12. The molecule has 4 rings (SSSR count). The van der Waals surface area contributed by atoms with E-state index in [2.05, 4.69) is 25.9 Å². The molecule has 1 amide bonds. The Bertz CT molecular complexity index is 1040. The van der Waals surface area contributed by atoms with Gasteiger partial charge >= 0.3 is 0 Å². The molecule has 0 spiro atoms. The number of anilines is 1. The first-order valence-corrected chi connectivity index (χ1v) is 8.48. The van der Waals surface area contributed by atoms with Crippen LogP contribution in [0.4, 0.5) is 5.69 Å². The van der Waals surface area contributed by atoms with Crippen LogP contribution in [0.1, 0.15) is 5.56 Å². The molecule has 8 nitrogen and oxygen atoms in total. The van der Waals surface area contributed by atoms with E-state index < -0.39 is 0 Å². The first-order valence-electron chi connectivity index (χ1n) is 8.11. The number of hydrogen-bond acceptors (Lipinski definition) is 5. The quantitative estimate of drug-likeness (QED) is 0.575. The zero-order valence-electron chi connectivity index (χ0n) is 14.0. The summed E-state index contributed by atoms with van der Waals surface area (Å²) in [5.41, 5.74) is 3.03. The molecule has 2 aromatic heterocycles. The first-order chi connectivity index (χ1) is 13.2. The highest BCUT2D eigenvalue weighted by Gasteiger charge is 2.11. The Labute approximate surface area is 159 Å². The van der Waals surface area contributed by atoms with Gasteiger partial charge in [0, 0.05) is 17.4 Å². The number of hydrogen-bond donors (Lipinski definition) is 1. The second-order valence-corrected chi connectivity index (χ2v) is 6.19. The van der Waals surface area contributed by atoms with E-state index in [1.165, 1.54) is 6.33 Å². The van der Waals surface area contributed by atoms with Crippen molar-refractivity contribution < 1.29 is 4.79 Å². The van der Waals surface area contributed by atoms with Crippen LogP contribution < -0.4 is 5.32 Å². The van der Waals surface area contributed by atoms with Gasteiger partial charge in [0.15, 0.2) is 0 Å². The molecule has 0 atom stereocenters. The van der Waals surface area contributed by atoms with Crippen molar-refractivity contribution in [1.29, 1.82) is 0 Å². The van der Waals surface area contributed by atoms with Crippen molar-refractivity contribution in [2.45, 2.75) is 6.42 Å². The molecule has 134 valence electrons. The molecule has 0 saturated heterocycles. The molecule has 4 aromatic rings. The van der Waals surface area contributed by atoms with Crippen LogP contribution in [0.15, 0.2) is 67.3 Å². The zero-order chi connectivity index (χ0) is 18.6. The van der Waals surface area contributed by atoms with Gasteiger partial charge in [-0.15, -0.1) is 5.10 Å². The molecular formula is C18H14ClN7O. The van der Waals surface area contributed by atoms with Crippen LogP contribution in [0.25, 0.3) is 11.4 Å². The van der Waals surface area contributed by atoms with Crippen molar-refractivity contribution in [2.75, 3.05) is 5.32 Å². The maximum Gasteiger partial charge on any atom is 0.228 e. The average molecular weight is 380 g/mol. The molecule has 0 fully saturated rings. The smallest absolute Gasteiger partial charge is 0.228 e. The fraction of sp³-hybridized carbons (Fsp3) is 0.0556. The number of rotatable bonds is 5. The molecule has 0 aliphatic carbocycles. The van der Waals surface area contributed by atoms with Crippen molar-refractivity contribution in [2.24, 2.45) is 0 Å². The first kappa shape index (κ1) is 16.9. The predicted molar refractivity (Wildman–Crippen MR) is 100 cm³/mol. The van der Waals surface area contributed by atoms with Crippen molar-refractivity contribution in [1.82, 2.24) is 30.0 Å². The summed E-state index contributed by atoms with van der Waals surface area (Å²) >= 11 is 6.09. The summed E-state index contributed by atoms with van der Waals surface area (Å²) in [4.78, 5) is 12.5. The third kappa shape index (κ3) is 3.85. The van der Waals surface area contributed by atoms with Gasteiger partial charge in [-0.3, -0.25) is 4.79 Å². The molecule has 0 bridgehead atoms. The fourth-order valence-electron chi connectivity index (χ4n) is 2.65. The standard InChI is InChI=1S/C18H14ClN7O/c19-14-4-7-17(25-9-1-8-21-25)16(11-14)22-18(27)10-13-2-5-15(6-3-13)26-12-20-23-24-26/h1-9,11-12H,10H2,(H,22,27). The molecule has 0 aliphatic rings. The van der Waals surface area contributed by atoms with E-state index in [1.807, 2.05) is 36.4 Å². The maximum atomic E-state index is 12.5. The molecule has 0 saturated carbocycles. The van der Waals surface area contributed by atoms with Gasteiger partial charge in [0.05, 0.1) is 23.5 Å². The number of nitrogens with one attached hydrogen (secondary N) is 1. The number of benzene rings is 2. The highest BCUT2D eigenvalue weighted by atomic mass is 35.5. The molecule has 2 heterocycles. The highest BCUT2D eigenvalue weighted by molar-refractivity contribution is 6.31. The normalized spacial score (nSPS) is 10.7. The average Bonchev–Trinajstić information content (AvgIpc) is 3.37. The summed E-state index contributed by atoms with van der Waals surface area (Å²) in [6, 6.07) is 14.5. The number of nitrogens with zero attached hydrogens (tertiary/aromatic N) is 6. The Balaban J connectivity index is 1.49. The number of tetrazole rings is 1. The number of carbonyl (C=O) groups is 1. The van der Waals surface area contributed by atoms with Gasteiger partial charge < -0.3 is 5.32 Å². The van der Waals surface area contributed by atoms with Crippen LogP contribution in [-0.4, -0.2) is 35.9 Å². The summed E-state index contributed by atoms with van der Waals surface area (Å²) in [7, 11) is 0. The van der Waals surface area contributed by atoms with Crippen LogP contribution in [-0.2, 0) is 11.2 Å². The minimum absolute atomic E-state index is 0.152. The maximum absolute atomic E-state index is 12.5. The third-order valence-electron chi connectivity index (χ3n) is 3.90. The van der Waals surface area contributed by atoms with E-state index in [-0.39, 0.29) is 12.3 Å². The second-order valence-electron chi connectivity index (χ2n) is 5.76. The Hall–Kier alpha value is -3.52. The SMILES string of the molecule is O=C(Cc1ccc(-n2cnnn2)cc1)Nc1cc(Cl)ccc1-n1cccn1. The second kappa shape index (κ2) is 7.38. The zero-order valence-corrected chi connectivity index (χ0v) is 14.8. The van der Waals surface area contributed by atoms with E-state index in [9.17, 15) is 4.79 Å². The van der Waals surface area contributed by atoms with E-state index in [1.54, 1.807) is 33.9 Å². The molecule has 2 aromatic carbocycles. The van der Waals surface area contributed by atoms with Crippen molar-refractivity contribution in [3.8, 4) is 11.4 Å². The van der Waals surface area contributed by atoms with Crippen molar-refractivity contribution >= 4 is 23.2 Å². The Morgan fingerprint density at radius 1 is 1.11 bits per heavy atom. The molecular weight excluding hydrogens is 366 g/mol. The topological polar surface area (TPSA) is 90.5 Å². The van der Waals surface area contributed by atoms with Gasteiger partial charge in [0.2, 0.25) is 5.91 Å². The lowest BCUT2D eigenvalue weighted by molar-refractivity contribution is -0.115. The molecule has 0 aliphatic heterocycles. The van der Waals surface area contributed by atoms with Crippen LogP contribution in [0.5, 0.6) is 0 Å². The molecule has 1 N–H and O–H groups in total. The van der Waals surface area contributed by atoms with Crippen LogP contribution in [0.3, 0.4) is 0 Å². The van der Waals surface area contributed by atoms with E-state index in [0.717, 1.165) is 16.9 Å². The predicted octanol–water partition coefficient (Wildman–Crippen LogP) is 2.68. The van der Waals surface area contributed by atoms with E-state index in [4.69, 9.17) is 11.6 Å². The van der Waals surface area contributed by atoms with Crippen molar-refractivity contribution in [3.63, 3.8) is 0 Å². The van der Waals surface area contributed by atoms with Gasteiger partial charge in [-0.2, -0.15) is 5.10 Å². The Kier molecular flexibility index (Phi) is 4.63. The monoisotopic (exact) mass is 379 g/mol. The van der Waals surface area contributed by atoms with Crippen molar-refractivity contribution in [3.05, 3.63) is 77.8 Å². The number of aromatic nitrogens is 6. The minimum atomic E-state index is -0.152. The van der Waals surface area contributed by atoms with Gasteiger partial charge in [0.1, 0.15) is 6.33 Å². The van der Waals surface area contributed by atoms with Crippen LogP contribution >= 0.6 is 11.6 Å². The minimum Gasteiger partial charge on any atom is -0.324 e. The van der Waals surface area contributed by atoms with Gasteiger partial charge in [-0.25, -0.2) is 9.36 Å². The summed E-state index contributed by atoms with van der Waals surface area (Å²) in [6.07, 6.45) is 5.21. The number of halogens is 1. The molecule has 0 unspecified atom stereocenters. The van der Waals surface area contributed by atoms with Crippen LogP contribution in [0, 0.1) is 0 Å². The molecule has 27 heavy (non-hydrogen) atoms. The number of carbonyl (C=O) groups excluding carboxylic acids is 1. The van der Waals surface area contributed by atoms with Crippen LogP contribution in [0.2, 0.25) is 5.02 Å².